The van der Waals surface area contributed by atoms with Crippen LogP contribution in [-0.4, -0.2) is 17.8 Å². The van der Waals surface area contributed by atoms with Gasteiger partial charge >= 0.3 is 0 Å². The van der Waals surface area contributed by atoms with Crippen LogP contribution in [0.25, 0.3) is 0 Å². The molecule has 1 heterocycles. The fraction of sp³-hybridized carbons (Fsp3) is 0.667. The summed E-state index contributed by atoms with van der Waals surface area (Å²) in [6.07, 6.45) is 1.70. The van der Waals surface area contributed by atoms with Crippen LogP contribution in [0.4, 0.5) is 0 Å². The van der Waals surface area contributed by atoms with Crippen LogP contribution in [0.5, 0.6) is 0 Å². The number of furan rings is 1. The molecule has 2 N–H and O–H groups in total. The molecule has 1 aromatic heterocycles. The van der Waals surface area contributed by atoms with E-state index in [9.17, 15) is 0 Å². The molecule has 86 valence electrons. The molecule has 3 nitrogen and oxygen atoms in total. The van der Waals surface area contributed by atoms with Gasteiger partial charge in [-0.25, -0.2) is 0 Å². The first-order valence-corrected chi connectivity index (χ1v) is 5.62. The van der Waals surface area contributed by atoms with Gasteiger partial charge in [0.05, 0.1) is 6.04 Å². The molecule has 0 aliphatic carbocycles. The third kappa shape index (κ3) is 3.68. The summed E-state index contributed by atoms with van der Waals surface area (Å²) in [4.78, 5) is 0. The molecule has 0 amide bonds. The van der Waals surface area contributed by atoms with Crippen LogP contribution in [0.2, 0.25) is 0 Å². The Morgan fingerprint density at radius 2 is 2.13 bits per heavy atom. The molecule has 0 radical (unpaired) electrons. The van der Waals surface area contributed by atoms with Crippen molar-refractivity contribution >= 4 is 0 Å². The number of aliphatic hydroxyl groups is 1. The first-order valence-electron chi connectivity index (χ1n) is 5.62. The predicted octanol–water partition coefficient (Wildman–Crippen LogP) is 2.26. The maximum atomic E-state index is 8.80. The second-order valence-corrected chi connectivity index (χ2v) is 3.96. The van der Waals surface area contributed by atoms with Crippen LogP contribution in [-0.2, 0) is 6.42 Å². The maximum Gasteiger partial charge on any atom is 0.120 e. The molecular formula is C12H21NO2. The van der Waals surface area contributed by atoms with E-state index in [1.165, 1.54) is 0 Å². The lowest BCUT2D eigenvalue weighted by molar-refractivity contribution is 0.260. The molecule has 0 aromatic carbocycles. The van der Waals surface area contributed by atoms with E-state index < -0.39 is 0 Å². The fourth-order valence-corrected chi connectivity index (χ4v) is 1.60. The number of aryl methyl sites for hydroxylation is 1. The van der Waals surface area contributed by atoms with Crippen molar-refractivity contribution in [2.24, 2.45) is 0 Å². The Morgan fingerprint density at radius 1 is 1.40 bits per heavy atom. The summed E-state index contributed by atoms with van der Waals surface area (Å²) in [6, 6.07) is 4.54. The van der Waals surface area contributed by atoms with Crippen molar-refractivity contribution in [2.45, 2.75) is 45.7 Å². The van der Waals surface area contributed by atoms with Gasteiger partial charge in [-0.1, -0.05) is 6.92 Å². The Morgan fingerprint density at radius 3 is 2.67 bits per heavy atom. The van der Waals surface area contributed by atoms with Crippen LogP contribution >= 0.6 is 0 Å². The van der Waals surface area contributed by atoms with Gasteiger partial charge in [0, 0.05) is 19.1 Å². The number of hydrogen-bond donors (Lipinski definition) is 2. The van der Waals surface area contributed by atoms with Crippen LogP contribution in [0, 0.1) is 0 Å². The van der Waals surface area contributed by atoms with Gasteiger partial charge in [-0.3, -0.25) is 0 Å². The van der Waals surface area contributed by atoms with Crippen molar-refractivity contribution in [1.29, 1.82) is 0 Å². The third-order valence-electron chi connectivity index (χ3n) is 2.55. The Bertz CT molecular complexity index is 283. The topological polar surface area (TPSA) is 45.4 Å². The Hall–Kier alpha value is -0.800. The molecule has 0 fully saturated rings. The first-order chi connectivity index (χ1) is 7.17. The molecule has 1 unspecified atom stereocenters. The second-order valence-electron chi connectivity index (χ2n) is 3.96. The van der Waals surface area contributed by atoms with Gasteiger partial charge in [-0.2, -0.15) is 0 Å². The zero-order chi connectivity index (χ0) is 11.3. The Balaban J connectivity index is 2.49. The van der Waals surface area contributed by atoms with E-state index in [1.54, 1.807) is 0 Å². The minimum atomic E-state index is 0.201. The number of rotatable bonds is 6. The number of hydrogen-bond acceptors (Lipinski definition) is 3. The van der Waals surface area contributed by atoms with Crippen molar-refractivity contribution in [1.82, 2.24) is 5.32 Å². The van der Waals surface area contributed by atoms with Crippen molar-refractivity contribution in [2.75, 3.05) is 6.61 Å². The van der Waals surface area contributed by atoms with Crippen molar-refractivity contribution in [3.8, 4) is 0 Å². The van der Waals surface area contributed by atoms with Gasteiger partial charge in [-0.05, 0) is 32.4 Å². The lowest BCUT2D eigenvalue weighted by Gasteiger charge is -2.17. The van der Waals surface area contributed by atoms with E-state index >= 15 is 0 Å². The van der Waals surface area contributed by atoms with Crippen molar-refractivity contribution in [3.05, 3.63) is 23.7 Å². The largest absolute Gasteiger partial charge is 0.464 e. The van der Waals surface area contributed by atoms with Crippen LogP contribution in [0.15, 0.2) is 16.5 Å². The van der Waals surface area contributed by atoms with E-state index in [4.69, 9.17) is 9.52 Å². The highest BCUT2D eigenvalue weighted by Crippen LogP contribution is 2.17. The monoisotopic (exact) mass is 211 g/mol. The molecule has 1 rings (SSSR count). The SMILES string of the molecule is CCc1ccc(C(C)N[C@H](C)CCO)o1. The molecule has 2 atom stereocenters. The predicted molar refractivity (Wildman–Crippen MR) is 60.8 cm³/mol. The lowest BCUT2D eigenvalue weighted by Crippen LogP contribution is -2.29. The fourth-order valence-electron chi connectivity index (χ4n) is 1.60. The zero-order valence-corrected chi connectivity index (χ0v) is 9.79. The van der Waals surface area contributed by atoms with Crippen LogP contribution in [0.3, 0.4) is 0 Å². The Kier molecular flexibility index (Phi) is 4.85. The molecule has 15 heavy (non-hydrogen) atoms. The van der Waals surface area contributed by atoms with E-state index in [-0.39, 0.29) is 12.6 Å². The summed E-state index contributed by atoms with van der Waals surface area (Å²) < 4.78 is 5.65. The van der Waals surface area contributed by atoms with Gasteiger partial charge in [0.25, 0.3) is 0 Å². The smallest absolute Gasteiger partial charge is 0.120 e. The summed E-state index contributed by atoms with van der Waals surface area (Å²) in [5, 5.41) is 12.2. The molecule has 1 aromatic rings. The highest BCUT2D eigenvalue weighted by atomic mass is 16.3. The maximum absolute atomic E-state index is 8.80. The average molecular weight is 211 g/mol. The molecule has 0 bridgehead atoms. The average Bonchev–Trinajstić information content (AvgIpc) is 2.66. The Labute approximate surface area is 91.5 Å². The standard InChI is InChI=1S/C12H21NO2/c1-4-11-5-6-12(15-11)10(3)13-9(2)7-8-14/h5-6,9-10,13-14H,4,7-8H2,1-3H3/t9-,10?/m1/s1. The highest BCUT2D eigenvalue weighted by molar-refractivity contribution is 5.10. The van der Waals surface area contributed by atoms with E-state index in [2.05, 4.69) is 26.1 Å². The minimum Gasteiger partial charge on any atom is -0.464 e. The van der Waals surface area contributed by atoms with E-state index in [0.29, 0.717) is 6.04 Å². The van der Waals surface area contributed by atoms with Crippen molar-refractivity contribution < 1.29 is 9.52 Å². The molecule has 0 spiro atoms. The normalized spacial score (nSPS) is 15.2. The first kappa shape index (κ1) is 12.3. The highest BCUT2D eigenvalue weighted by Gasteiger charge is 2.12. The van der Waals surface area contributed by atoms with Gasteiger partial charge in [-0.15, -0.1) is 0 Å². The van der Waals surface area contributed by atoms with Crippen LogP contribution in [0.1, 0.15) is 44.8 Å². The summed E-state index contributed by atoms with van der Waals surface area (Å²) >= 11 is 0. The summed E-state index contributed by atoms with van der Waals surface area (Å²) in [7, 11) is 0. The number of aliphatic hydroxyl groups excluding tert-OH is 1. The number of nitrogens with one attached hydrogen (secondary N) is 1. The lowest BCUT2D eigenvalue weighted by atomic mass is 10.2. The third-order valence-corrected chi connectivity index (χ3v) is 2.55. The van der Waals surface area contributed by atoms with Gasteiger partial charge in [0.2, 0.25) is 0 Å². The quantitative estimate of drug-likeness (QED) is 0.758. The van der Waals surface area contributed by atoms with E-state index in [1.807, 2.05) is 12.1 Å². The van der Waals surface area contributed by atoms with Gasteiger partial charge in [0.1, 0.15) is 11.5 Å². The molecule has 0 saturated heterocycles. The zero-order valence-electron chi connectivity index (χ0n) is 9.79. The summed E-state index contributed by atoms with van der Waals surface area (Å²) in [5.41, 5.74) is 0. The van der Waals surface area contributed by atoms with Crippen molar-refractivity contribution in [3.63, 3.8) is 0 Å². The van der Waals surface area contributed by atoms with Gasteiger partial charge in [0.15, 0.2) is 0 Å². The second kappa shape index (κ2) is 5.93. The molecular weight excluding hydrogens is 190 g/mol. The van der Waals surface area contributed by atoms with Gasteiger partial charge < -0.3 is 14.8 Å². The minimum absolute atomic E-state index is 0.201. The van der Waals surface area contributed by atoms with E-state index in [0.717, 1.165) is 24.4 Å². The molecule has 0 aliphatic heterocycles. The molecule has 0 saturated carbocycles. The summed E-state index contributed by atoms with van der Waals surface area (Å²) in [6.45, 7) is 6.44. The van der Waals surface area contributed by atoms with Crippen LogP contribution < -0.4 is 5.32 Å². The molecule has 0 aliphatic rings. The summed E-state index contributed by atoms with van der Waals surface area (Å²) in [5.74, 6) is 1.99. The molecule has 3 heteroatoms.